The van der Waals surface area contributed by atoms with Gasteiger partial charge in [0, 0.05) is 23.2 Å². The number of aliphatic hydroxyl groups excluding tert-OH is 19. The Morgan fingerprint density at radius 1 is 0.500 bits per heavy atom. The van der Waals surface area contributed by atoms with E-state index in [9.17, 15) is 102 Å². The summed E-state index contributed by atoms with van der Waals surface area (Å²) in [6, 6.07) is 0. The molecule has 4 unspecified atom stereocenters. The summed E-state index contributed by atoms with van der Waals surface area (Å²) in [5.41, 5.74) is -3.41. The zero-order chi connectivity index (χ0) is 73.5. The van der Waals surface area contributed by atoms with Gasteiger partial charge in [0.2, 0.25) is 0 Å². The fraction of sp³-hybridized carbons (Fsp3) is 0.955. The standard InChI is InChI=1S/C67H112O33/c1-25(10-14-39(64(5,6)88)98-62-56(100-60-54(87)49(82)44(77)33(22-71)94-60)51(84)45(78)34(96-62)23-89-57-41(74)26(2)40(73)30(19-68)91-57)27-16-17-65(7)36-13-11-28-29(67(36,9)37(72)18-66(27,65)8)12-15-38(63(28,3)4)97-61-55(99-59-53(86)48(81)43(76)32(21-70)93-59)50(83)46(79)35(95-61)24-90-58-52(85)47(80)42(75)31(20-69)92-58/h11,25-27,29-36,38-62,68-71,73-88H,10,12-24H2,1-9H3/t25-,26+,27?,29?,30-,31-,32+,33+,34-,35-,36?,38+,39-,40+,41-,42-,43+,44+,45-,46-,47+,48-,49-,50+,51+,52-,53+,54+,55-,56-,57-,58-,59?,60-,61+,62+,65+,66-,67+/m1/s1. The van der Waals surface area contributed by atoms with Crippen molar-refractivity contribution < 1.29 is 164 Å². The van der Waals surface area contributed by atoms with Crippen LogP contribution in [0.25, 0.3) is 0 Å². The second-order valence-electron chi connectivity index (χ2n) is 31.7. The Morgan fingerprint density at radius 2 is 0.930 bits per heavy atom. The molecule has 100 heavy (non-hydrogen) atoms. The van der Waals surface area contributed by atoms with Crippen molar-refractivity contribution in [3.8, 4) is 0 Å². The lowest BCUT2D eigenvalue weighted by Gasteiger charge is -2.65. The molecule has 6 aliphatic heterocycles. The van der Waals surface area contributed by atoms with Crippen molar-refractivity contribution in [2.24, 2.45) is 51.2 Å². The van der Waals surface area contributed by atoms with Crippen LogP contribution in [0.1, 0.15) is 114 Å². The lowest BCUT2D eigenvalue weighted by atomic mass is 9.38. The molecule has 0 aromatic carbocycles. The first kappa shape index (κ1) is 80.7. The molecule has 0 radical (unpaired) electrons. The normalized spacial score (nSPS) is 51.3. The number of hydrogen-bond acceptors (Lipinski definition) is 33. The number of ketones is 1. The number of allylic oxidation sites excluding steroid dienone is 1. The Balaban J connectivity index is 0.853. The van der Waals surface area contributed by atoms with Gasteiger partial charge in [-0.05, 0) is 93.3 Å². The Kier molecular flexibility index (Phi) is 25.3. The smallest absolute Gasteiger partial charge is 0.187 e. The summed E-state index contributed by atoms with van der Waals surface area (Å²) in [6.45, 7) is 12.9. The molecule has 0 amide bonds. The number of hydrogen-bond donors (Lipinski definition) is 20. The average Bonchev–Trinajstić information content (AvgIpc) is 1.32. The van der Waals surface area contributed by atoms with E-state index in [1.54, 1.807) is 0 Å². The first-order valence-electron chi connectivity index (χ1n) is 35.2. The molecule has 0 aromatic rings. The van der Waals surface area contributed by atoms with E-state index in [4.69, 9.17) is 56.8 Å². The summed E-state index contributed by atoms with van der Waals surface area (Å²) >= 11 is 0. The molecule has 3 saturated carbocycles. The molecule has 0 aromatic heterocycles. The van der Waals surface area contributed by atoms with Crippen LogP contribution in [0.3, 0.4) is 0 Å². The quantitative estimate of drug-likeness (QED) is 0.0423. The molecule has 33 nitrogen and oxygen atoms in total. The van der Waals surface area contributed by atoms with Gasteiger partial charge in [-0.15, -0.1) is 0 Å². The van der Waals surface area contributed by atoms with Gasteiger partial charge in [-0.1, -0.05) is 60.1 Å². The predicted octanol–water partition coefficient (Wildman–Crippen LogP) is -6.10. The maximum absolute atomic E-state index is 15.6. The van der Waals surface area contributed by atoms with E-state index in [0.29, 0.717) is 25.7 Å². The summed E-state index contributed by atoms with van der Waals surface area (Å²) in [4.78, 5) is 15.6. The van der Waals surface area contributed by atoms with Crippen LogP contribution < -0.4 is 0 Å². The van der Waals surface area contributed by atoms with E-state index in [0.717, 1.165) is 18.4 Å². The highest BCUT2D eigenvalue weighted by Crippen LogP contribution is 2.74. The monoisotopic (exact) mass is 1440 g/mol. The number of Topliss-reactive ketones (excluding diaryl/α,β-unsaturated/α-hetero) is 1. The number of rotatable bonds is 23. The molecule has 33 heteroatoms. The minimum atomic E-state index is -1.96. The number of fused-ring (bicyclic) bond motifs is 5. The average molecular weight is 1450 g/mol. The van der Waals surface area contributed by atoms with Crippen molar-refractivity contribution in [1.82, 2.24) is 0 Å². The third kappa shape index (κ3) is 14.7. The molecule has 578 valence electrons. The molecule has 0 bridgehead atoms. The van der Waals surface area contributed by atoms with E-state index >= 15 is 4.79 Å². The Labute approximate surface area is 579 Å². The SMILES string of the molecule is C[C@@H]1[C@@H](O)[C@H](OC[C@H]2O[C@@H](O[C@H](CC[C@@H](C)C3CC[C@@]4(C)C5CC=C6C(CC[C@H](O[C@@H]7O[C@H](CO[C@@H]8O[C@H](CO)[C@@H](O)[C@H](O)[C@H]8O)[C@@H](O)[C@H](O)[C@H]7OC7O[C@@H](CO)[C@H](O)[C@@H](O)[C@@H]7O)C6(C)C)[C@]5(C)C(=O)C[C@]34C)C(C)(C)O)[C@H](O[C@H]3O[C@@H](CO)[C@H](O)[C@@H](O)[C@@H]3O)[C@@H](O)[C@@H]2O)O[C@H](CO)[C@H]1O. The van der Waals surface area contributed by atoms with Crippen molar-refractivity contribution in [2.45, 2.75) is 310 Å². The zero-order valence-electron chi connectivity index (χ0n) is 58.0. The van der Waals surface area contributed by atoms with Gasteiger partial charge in [0.1, 0.15) is 140 Å². The largest absolute Gasteiger partial charge is 0.394 e. The van der Waals surface area contributed by atoms with E-state index in [-0.39, 0.29) is 42.3 Å². The minimum Gasteiger partial charge on any atom is -0.394 e. The van der Waals surface area contributed by atoms with Crippen LogP contribution in [0.5, 0.6) is 0 Å². The van der Waals surface area contributed by atoms with Crippen LogP contribution in [0.4, 0.5) is 0 Å². The number of carbonyl (C=O) groups is 1. The molecule has 4 aliphatic carbocycles. The second-order valence-corrected chi connectivity index (χ2v) is 31.7. The topological polar surface area (TPSA) is 532 Å². The van der Waals surface area contributed by atoms with Gasteiger partial charge in [0.15, 0.2) is 37.7 Å². The summed E-state index contributed by atoms with van der Waals surface area (Å²) in [5, 5.41) is 216. The lowest BCUT2D eigenvalue weighted by molar-refractivity contribution is -0.380. The van der Waals surface area contributed by atoms with Gasteiger partial charge >= 0.3 is 0 Å². The van der Waals surface area contributed by atoms with E-state index in [2.05, 4.69) is 33.8 Å². The summed E-state index contributed by atoms with van der Waals surface area (Å²) in [6.07, 6.45) is -44.8. The van der Waals surface area contributed by atoms with Gasteiger partial charge in [-0.2, -0.15) is 0 Å². The zero-order valence-corrected chi connectivity index (χ0v) is 58.0. The van der Waals surface area contributed by atoms with E-state index in [1.165, 1.54) is 20.8 Å². The highest BCUT2D eigenvalue weighted by Gasteiger charge is 2.71. The van der Waals surface area contributed by atoms with Crippen molar-refractivity contribution in [1.29, 1.82) is 0 Å². The van der Waals surface area contributed by atoms with E-state index in [1.807, 2.05) is 13.8 Å². The summed E-state index contributed by atoms with van der Waals surface area (Å²) in [5.74, 6) is -1.30. The molecule has 9 fully saturated rings. The molecule has 0 spiro atoms. The van der Waals surface area contributed by atoms with Crippen LogP contribution in [0.2, 0.25) is 0 Å². The van der Waals surface area contributed by atoms with Gasteiger partial charge in [0.05, 0.1) is 63.6 Å². The van der Waals surface area contributed by atoms with Crippen molar-refractivity contribution in [2.75, 3.05) is 39.6 Å². The molecular weight excluding hydrogens is 1330 g/mol. The van der Waals surface area contributed by atoms with Crippen molar-refractivity contribution in [3.05, 3.63) is 11.6 Å². The summed E-state index contributed by atoms with van der Waals surface area (Å²) < 4.78 is 72.4. The van der Waals surface area contributed by atoms with E-state index < -0.39 is 263 Å². The Morgan fingerprint density at radius 3 is 1.42 bits per heavy atom. The van der Waals surface area contributed by atoms with Gasteiger partial charge in [0.25, 0.3) is 0 Å². The first-order valence-corrected chi connectivity index (χ1v) is 35.2. The maximum Gasteiger partial charge on any atom is 0.187 e. The van der Waals surface area contributed by atoms with Crippen LogP contribution in [0.15, 0.2) is 11.6 Å². The number of ether oxygens (including phenoxy) is 12. The van der Waals surface area contributed by atoms with Crippen LogP contribution in [0, 0.1) is 51.2 Å². The first-order chi connectivity index (χ1) is 46.9. The number of carbonyl (C=O) groups excluding carboxylic acids is 1. The molecule has 10 rings (SSSR count). The predicted molar refractivity (Wildman–Crippen MR) is 335 cm³/mol. The molecular formula is C67H112O33. The van der Waals surface area contributed by atoms with Crippen LogP contribution >= 0.6 is 0 Å². The van der Waals surface area contributed by atoms with Gasteiger partial charge in [-0.3, -0.25) is 4.79 Å². The fourth-order valence-electron chi connectivity index (χ4n) is 18.4. The summed E-state index contributed by atoms with van der Waals surface area (Å²) in [7, 11) is 0. The Bertz CT molecular complexity index is 2720. The molecule has 39 atom stereocenters. The molecule has 10 aliphatic rings. The minimum absolute atomic E-state index is 0.0355. The molecule has 6 heterocycles. The highest BCUT2D eigenvalue weighted by atomic mass is 16.8. The van der Waals surface area contributed by atoms with Crippen LogP contribution in [-0.4, -0.2) is 343 Å². The van der Waals surface area contributed by atoms with Crippen LogP contribution in [-0.2, 0) is 61.6 Å². The highest BCUT2D eigenvalue weighted by molar-refractivity contribution is 5.88. The third-order valence-corrected chi connectivity index (χ3v) is 25.1. The molecule has 6 saturated heterocycles. The van der Waals surface area contributed by atoms with Gasteiger partial charge < -0.3 is 159 Å². The second kappa shape index (κ2) is 31.4. The fourth-order valence-corrected chi connectivity index (χ4v) is 18.4. The maximum atomic E-state index is 15.6. The van der Waals surface area contributed by atoms with Gasteiger partial charge in [-0.25, -0.2) is 0 Å². The third-order valence-electron chi connectivity index (χ3n) is 25.1. The lowest BCUT2D eigenvalue weighted by Crippen LogP contribution is -2.66. The van der Waals surface area contributed by atoms with Crippen molar-refractivity contribution >= 4 is 5.78 Å². The Hall–Kier alpha value is -1.87. The van der Waals surface area contributed by atoms with Crippen molar-refractivity contribution in [3.63, 3.8) is 0 Å². The number of aliphatic hydroxyl groups is 20. The molecule has 20 N–H and O–H groups in total.